The summed E-state index contributed by atoms with van der Waals surface area (Å²) in [6.07, 6.45) is 0. The first-order valence-corrected chi connectivity index (χ1v) is 6.59. The molecular weight excluding hydrogens is 270 g/mol. The van der Waals surface area contributed by atoms with Crippen molar-refractivity contribution >= 4 is 34.7 Å². The van der Waals surface area contributed by atoms with Crippen LogP contribution >= 0.6 is 22.9 Å². The number of nitrogens with one attached hydrogen (secondary N) is 1. The number of halogens is 1. The van der Waals surface area contributed by atoms with Gasteiger partial charge in [-0.1, -0.05) is 17.7 Å². The molecule has 4 nitrogen and oxygen atoms in total. The van der Waals surface area contributed by atoms with Gasteiger partial charge in [0.25, 0.3) is 5.91 Å². The van der Waals surface area contributed by atoms with Gasteiger partial charge in [0.1, 0.15) is 11.0 Å². The van der Waals surface area contributed by atoms with Crippen molar-refractivity contribution in [2.75, 3.05) is 5.73 Å². The molecule has 2 aromatic heterocycles. The van der Waals surface area contributed by atoms with Crippen LogP contribution in [0.1, 0.15) is 28.2 Å². The number of pyridine rings is 1. The van der Waals surface area contributed by atoms with Gasteiger partial charge in [0.15, 0.2) is 0 Å². The Morgan fingerprint density at radius 2 is 2.33 bits per heavy atom. The van der Waals surface area contributed by atoms with Crippen LogP contribution in [-0.4, -0.2) is 10.9 Å². The molecule has 94 valence electrons. The second-order valence-corrected chi connectivity index (χ2v) is 5.18. The number of aromatic nitrogens is 1. The quantitative estimate of drug-likeness (QED) is 0.850. The molecule has 0 bridgehead atoms. The Labute approximate surface area is 114 Å². The highest BCUT2D eigenvalue weighted by Crippen LogP contribution is 2.19. The maximum Gasteiger partial charge on any atom is 0.252 e. The summed E-state index contributed by atoms with van der Waals surface area (Å²) in [5.41, 5.74) is 5.96. The smallest absolute Gasteiger partial charge is 0.252 e. The van der Waals surface area contributed by atoms with Crippen LogP contribution in [0.25, 0.3) is 0 Å². The summed E-state index contributed by atoms with van der Waals surface area (Å²) in [6.45, 7) is 1.93. The molecule has 6 heteroatoms. The van der Waals surface area contributed by atoms with Crippen molar-refractivity contribution in [3.05, 3.63) is 45.2 Å². The van der Waals surface area contributed by atoms with Crippen LogP contribution in [0.15, 0.2) is 29.6 Å². The van der Waals surface area contributed by atoms with E-state index in [4.69, 9.17) is 17.3 Å². The fourth-order valence-electron chi connectivity index (χ4n) is 1.54. The van der Waals surface area contributed by atoms with E-state index in [0.717, 1.165) is 4.88 Å². The van der Waals surface area contributed by atoms with E-state index in [1.54, 1.807) is 11.3 Å². The predicted molar refractivity (Wildman–Crippen MR) is 73.9 cm³/mol. The van der Waals surface area contributed by atoms with Gasteiger partial charge in [0, 0.05) is 10.4 Å². The fraction of sp³-hybridized carbons (Fsp3) is 0.167. The normalized spacial score (nSPS) is 12.1. The number of carbonyl (C=O) groups excluding carboxylic acids is 1. The maximum atomic E-state index is 12.0. The van der Waals surface area contributed by atoms with Gasteiger partial charge in [0.05, 0.1) is 6.04 Å². The lowest BCUT2D eigenvalue weighted by Gasteiger charge is -2.12. The minimum absolute atomic E-state index is 0.0503. The van der Waals surface area contributed by atoms with Gasteiger partial charge in [-0.2, -0.15) is 0 Å². The van der Waals surface area contributed by atoms with Crippen LogP contribution in [0.5, 0.6) is 0 Å². The van der Waals surface area contributed by atoms with Crippen LogP contribution < -0.4 is 11.1 Å². The molecule has 3 N–H and O–H groups in total. The highest BCUT2D eigenvalue weighted by Gasteiger charge is 2.13. The van der Waals surface area contributed by atoms with Crippen LogP contribution in [0.4, 0.5) is 5.82 Å². The third-order valence-electron chi connectivity index (χ3n) is 2.39. The zero-order chi connectivity index (χ0) is 13.1. The van der Waals surface area contributed by atoms with Crippen molar-refractivity contribution < 1.29 is 4.79 Å². The number of nitrogens with two attached hydrogens (primary N) is 1. The summed E-state index contributed by atoms with van der Waals surface area (Å²) in [5.74, 6) is 0.0170. The molecule has 0 aliphatic heterocycles. The van der Waals surface area contributed by atoms with Crippen molar-refractivity contribution in [3.8, 4) is 0 Å². The lowest BCUT2D eigenvalue weighted by molar-refractivity contribution is 0.0940. The Kier molecular flexibility index (Phi) is 3.84. The standard InChI is InChI=1S/C12H12ClN3OS/c1-7(9-3-2-4-18-9)15-12(17)8-5-10(13)16-11(14)6-8/h2-7H,1H3,(H2,14,16)(H,15,17)/t7-/m1/s1. The molecule has 0 spiro atoms. The molecule has 0 saturated heterocycles. The first-order chi connectivity index (χ1) is 8.56. The van der Waals surface area contributed by atoms with E-state index in [0.29, 0.717) is 5.56 Å². The van der Waals surface area contributed by atoms with Crippen molar-refractivity contribution in [3.63, 3.8) is 0 Å². The van der Waals surface area contributed by atoms with Crippen molar-refractivity contribution in [1.29, 1.82) is 0 Å². The number of nitrogen functional groups attached to an aromatic ring is 1. The van der Waals surface area contributed by atoms with Crippen molar-refractivity contribution in [2.45, 2.75) is 13.0 Å². The zero-order valence-corrected chi connectivity index (χ0v) is 11.3. The average Bonchev–Trinajstić information content (AvgIpc) is 2.80. The molecule has 0 aliphatic rings. The number of amides is 1. The van der Waals surface area contributed by atoms with Gasteiger partial charge < -0.3 is 11.1 Å². The average molecular weight is 282 g/mol. The van der Waals surface area contributed by atoms with Gasteiger partial charge in [-0.15, -0.1) is 11.3 Å². The molecule has 0 aliphatic carbocycles. The number of anilines is 1. The molecule has 2 heterocycles. The highest BCUT2D eigenvalue weighted by atomic mass is 35.5. The van der Waals surface area contributed by atoms with Crippen LogP contribution in [0.2, 0.25) is 5.15 Å². The minimum Gasteiger partial charge on any atom is -0.384 e. The zero-order valence-electron chi connectivity index (χ0n) is 9.68. The number of nitrogens with zero attached hydrogens (tertiary/aromatic N) is 1. The molecule has 0 unspecified atom stereocenters. The van der Waals surface area contributed by atoms with Crippen LogP contribution in [0.3, 0.4) is 0 Å². The predicted octanol–water partition coefficient (Wildman–Crippen LogP) is 2.87. The van der Waals surface area contributed by atoms with E-state index in [-0.39, 0.29) is 22.9 Å². The molecule has 0 fully saturated rings. The summed E-state index contributed by atoms with van der Waals surface area (Å²) in [4.78, 5) is 16.9. The van der Waals surface area contributed by atoms with Gasteiger partial charge in [-0.25, -0.2) is 4.98 Å². The second kappa shape index (κ2) is 5.37. The summed E-state index contributed by atoms with van der Waals surface area (Å²) in [7, 11) is 0. The van der Waals surface area contributed by atoms with E-state index < -0.39 is 0 Å². The van der Waals surface area contributed by atoms with Crippen LogP contribution in [-0.2, 0) is 0 Å². The molecule has 0 radical (unpaired) electrons. The second-order valence-electron chi connectivity index (χ2n) is 3.81. The summed E-state index contributed by atoms with van der Waals surface area (Å²) < 4.78 is 0. The maximum absolute atomic E-state index is 12.0. The first-order valence-electron chi connectivity index (χ1n) is 5.33. The third kappa shape index (κ3) is 3.00. The lowest BCUT2D eigenvalue weighted by Crippen LogP contribution is -2.26. The fourth-order valence-corrected chi connectivity index (χ4v) is 2.49. The summed E-state index contributed by atoms with van der Waals surface area (Å²) in [5, 5.41) is 5.07. The van der Waals surface area contributed by atoms with E-state index in [9.17, 15) is 4.79 Å². The third-order valence-corrected chi connectivity index (χ3v) is 3.64. The highest BCUT2D eigenvalue weighted by molar-refractivity contribution is 7.10. The molecule has 0 saturated carbocycles. The van der Waals surface area contributed by atoms with E-state index in [2.05, 4.69) is 10.3 Å². The number of thiophene rings is 1. The summed E-state index contributed by atoms with van der Waals surface area (Å²) in [6, 6.07) is 6.87. The van der Waals surface area contributed by atoms with Crippen LogP contribution in [0, 0.1) is 0 Å². The molecule has 1 atom stereocenters. The van der Waals surface area contributed by atoms with Gasteiger partial charge >= 0.3 is 0 Å². The molecule has 2 rings (SSSR count). The Bertz CT molecular complexity index is 536. The summed E-state index contributed by atoms with van der Waals surface area (Å²) >= 11 is 7.36. The van der Waals surface area contributed by atoms with Gasteiger partial charge in [0.2, 0.25) is 0 Å². The number of hydrogen-bond acceptors (Lipinski definition) is 4. The molecule has 18 heavy (non-hydrogen) atoms. The molecular formula is C12H12ClN3OS. The molecule has 1 amide bonds. The van der Waals surface area contributed by atoms with Gasteiger partial charge in [-0.05, 0) is 30.5 Å². The van der Waals surface area contributed by atoms with E-state index in [1.807, 2.05) is 24.4 Å². The van der Waals surface area contributed by atoms with Crippen molar-refractivity contribution in [1.82, 2.24) is 10.3 Å². The largest absolute Gasteiger partial charge is 0.384 e. The Balaban J connectivity index is 2.12. The monoisotopic (exact) mass is 281 g/mol. The number of hydrogen-bond donors (Lipinski definition) is 2. The number of carbonyl (C=O) groups is 1. The lowest BCUT2D eigenvalue weighted by atomic mass is 10.2. The number of rotatable bonds is 3. The first kappa shape index (κ1) is 12.9. The molecule has 0 aromatic carbocycles. The van der Waals surface area contributed by atoms with Gasteiger partial charge in [-0.3, -0.25) is 4.79 Å². The van der Waals surface area contributed by atoms with E-state index >= 15 is 0 Å². The SMILES string of the molecule is C[C@@H](NC(=O)c1cc(N)nc(Cl)c1)c1cccs1. The van der Waals surface area contributed by atoms with E-state index in [1.165, 1.54) is 12.1 Å². The minimum atomic E-state index is -0.216. The van der Waals surface area contributed by atoms with Crippen molar-refractivity contribution in [2.24, 2.45) is 0 Å². The Hall–Kier alpha value is -1.59. The molecule has 2 aromatic rings. The Morgan fingerprint density at radius 3 is 2.94 bits per heavy atom. The topological polar surface area (TPSA) is 68.0 Å². The Morgan fingerprint density at radius 1 is 1.56 bits per heavy atom.